The predicted octanol–water partition coefficient (Wildman–Crippen LogP) is 5.10. The van der Waals surface area contributed by atoms with E-state index in [-0.39, 0.29) is 11.5 Å². The van der Waals surface area contributed by atoms with Gasteiger partial charge in [0.25, 0.3) is 25.2 Å². The molecule has 3 aromatic rings. The summed E-state index contributed by atoms with van der Waals surface area (Å²) in [6, 6.07) is 11.5. The number of ether oxygens (including phenoxy) is 1. The molecule has 4 rings (SSSR count). The van der Waals surface area contributed by atoms with Crippen molar-refractivity contribution in [3.63, 3.8) is 0 Å². The molecule has 0 amide bonds. The number of hydrogen-bond donors (Lipinski definition) is 2. The summed E-state index contributed by atoms with van der Waals surface area (Å²) in [5, 5.41) is 2.49. The van der Waals surface area contributed by atoms with Gasteiger partial charge in [0.15, 0.2) is 6.54 Å². The second-order valence-corrected chi connectivity index (χ2v) is 14.5. The lowest BCUT2D eigenvalue weighted by Crippen LogP contribution is -2.35. The molecule has 38 heavy (non-hydrogen) atoms. The van der Waals surface area contributed by atoms with Crippen molar-refractivity contribution in [2.75, 3.05) is 30.1 Å². The standard InChI is InChI=1S/C24H27ClN2O7S4/c1-34-18-7-9-22-20(15-18)27(11-3-5-13-38(31,32)33)24(36-22)16-23-26(10-2-4-12-37(28,29)30)19-14-17(25)6-8-21(19)35-23/h6-9,14-16H,2-5,10-13H2,1H3,(H-,28,29,30,31,32,33)/p+1. The van der Waals surface area contributed by atoms with Crippen LogP contribution in [-0.2, 0) is 26.8 Å². The molecular formula is C24H28ClN2O7S4+. The summed E-state index contributed by atoms with van der Waals surface area (Å²) in [6.45, 7) is 1.08. The lowest BCUT2D eigenvalue weighted by Gasteiger charge is -2.20. The summed E-state index contributed by atoms with van der Waals surface area (Å²) >= 11 is 9.47. The number of unbranched alkanes of at least 4 members (excludes halogenated alkanes) is 2. The molecule has 0 aliphatic carbocycles. The summed E-state index contributed by atoms with van der Waals surface area (Å²) in [5.74, 6) is 0.120. The number of nitrogens with zero attached hydrogens (tertiary/aromatic N) is 2. The Bertz CT molecular complexity index is 1570. The zero-order valence-corrected chi connectivity index (χ0v) is 24.6. The Morgan fingerprint density at radius 1 is 1.00 bits per heavy atom. The molecule has 2 aromatic carbocycles. The monoisotopic (exact) mass is 619 g/mol. The lowest BCUT2D eigenvalue weighted by atomic mass is 10.2. The fraction of sp³-hybridized carbons (Fsp3) is 0.375. The maximum atomic E-state index is 11.2. The Balaban J connectivity index is 1.67. The predicted molar refractivity (Wildman–Crippen MR) is 153 cm³/mol. The molecule has 0 unspecified atom stereocenters. The van der Waals surface area contributed by atoms with E-state index < -0.39 is 20.2 Å². The number of aryl methyl sites for hydroxylation is 1. The quantitative estimate of drug-likeness (QED) is 0.162. The van der Waals surface area contributed by atoms with Gasteiger partial charge >= 0.3 is 0 Å². The van der Waals surface area contributed by atoms with Crippen molar-refractivity contribution in [2.45, 2.75) is 37.1 Å². The van der Waals surface area contributed by atoms with Crippen LogP contribution in [0, 0.1) is 0 Å². The number of benzene rings is 2. The number of fused-ring (bicyclic) bond motifs is 2. The molecule has 1 aliphatic rings. The first-order chi connectivity index (χ1) is 17.9. The maximum absolute atomic E-state index is 11.2. The van der Waals surface area contributed by atoms with Crippen molar-refractivity contribution in [1.29, 1.82) is 0 Å². The summed E-state index contributed by atoms with van der Waals surface area (Å²) < 4.78 is 71.4. The summed E-state index contributed by atoms with van der Waals surface area (Å²) in [6.07, 6.45) is 3.80. The average molecular weight is 620 g/mol. The first kappa shape index (κ1) is 29.1. The van der Waals surface area contributed by atoms with Crippen LogP contribution in [0.4, 0.5) is 5.69 Å². The Labute approximate surface area is 235 Å². The van der Waals surface area contributed by atoms with Gasteiger partial charge in [-0.15, -0.1) is 0 Å². The van der Waals surface area contributed by atoms with E-state index in [4.69, 9.17) is 25.4 Å². The smallest absolute Gasteiger partial charge is 0.265 e. The molecule has 0 fully saturated rings. The third kappa shape index (κ3) is 7.62. The highest BCUT2D eigenvalue weighted by molar-refractivity contribution is 8.04. The van der Waals surface area contributed by atoms with Crippen LogP contribution in [0.1, 0.15) is 30.7 Å². The van der Waals surface area contributed by atoms with Crippen LogP contribution in [0.25, 0.3) is 16.3 Å². The van der Waals surface area contributed by atoms with E-state index in [1.807, 2.05) is 36.4 Å². The topological polar surface area (TPSA) is 125 Å². The van der Waals surface area contributed by atoms with E-state index >= 15 is 0 Å². The molecule has 1 aliphatic heterocycles. The number of methoxy groups -OCH3 is 1. The number of hydrogen-bond acceptors (Lipinski definition) is 8. The van der Waals surface area contributed by atoms with Crippen molar-refractivity contribution in [1.82, 2.24) is 0 Å². The number of thiazole rings is 1. The van der Waals surface area contributed by atoms with E-state index in [0.29, 0.717) is 49.5 Å². The molecule has 2 N–H and O–H groups in total. The molecule has 14 heteroatoms. The fourth-order valence-corrected chi connectivity index (χ4v) is 7.76. The van der Waals surface area contributed by atoms with Crippen LogP contribution in [0.15, 0.2) is 46.3 Å². The number of thioether (sulfide) groups is 1. The number of aromatic nitrogens is 1. The van der Waals surface area contributed by atoms with Gasteiger partial charge in [-0.2, -0.15) is 21.4 Å². The van der Waals surface area contributed by atoms with E-state index in [2.05, 4.69) is 15.5 Å². The first-order valence-electron chi connectivity index (χ1n) is 11.8. The van der Waals surface area contributed by atoms with Crippen LogP contribution in [0.3, 0.4) is 0 Å². The molecular weight excluding hydrogens is 592 g/mol. The third-order valence-electron chi connectivity index (χ3n) is 5.94. The number of rotatable bonds is 12. The first-order valence-corrected chi connectivity index (χ1v) is 17.0. The second kappa shape index (κ2) is 12.1. The number of anilines is 1. The Morgan fingerprint density at radius 2 is 1.71 bits per heavy atom. The Morgan fingerprint density at radius 3 is 2.39 bits per heavy atom. The van der Waals surface area contributed by atoms with E-state index in [1.165, 1.54) is 0 Å². The van der Waals surface area contributed by atoms with Crippen molar-refractivity contribution in [3.05, 3.63) is 51.5 Å². The van der Waals surface area contributed by atoms with Gasteiger partial charge in [0.05, 0.1) is 41.5 Å². The van der Waals surface area contributed by atoms with Gasteiger partial charge in [-0.1, -0.05) is 34.7 Å². The molecule has 1 aromatic heterocycles. The third-order valence-corrected chi connectivity index (χ3v) is 10.0. The fourth-order valence-electron chi connectivity index (χ4n) is 4.17. The Hall–Kier alpha value is -1.87. The van der Waals surface area contributed by atoms with Crippen LogP contribution >= 0.6 is 34.7 Å². The molecule has 0 radical (unpaired) electrons. The molecule has 206 valence electrons. The highest BCUT2D eigenvalue weighted by Gasteiger charge is 2.28. The van der Waals surface area contributed by atoms with Crippen LogP contribution in [0.5, 0.6) is 5.75 Å². The maximum Gasteiger partial charge on any atom is 0.265 e. The Kier molecular flexibility index (Phi) is 9.28. The van der Waals surface area contributed by atoms with Gasteiger partial charge in [0.1, 0.15) is 10.4 Å². The molecule has 0 bridgehead atoms. The van der Waals surface area contributed by atoms with Gasteiger partial charge in [-0.3, -0.25) is 9.11 Å². The van der Waals surface area contributed by atoms with E-state index in [0.717, 1.165) is 30.8 Å². The minimum atomic E-state index is -4.02. The highest BCUT2D eigenvalue weighted by Crippen LogP contribution is 2.48. The van der Waals surface area contributed by atoms with Crippen molar-refractivity contribution in [2.24, 2.45) is 0 Å². The van der Waals surface area contributed by atoms with Gasteiger partial charge in [-0.05, 0) is 49.6 Å². The highest BCUT2D eigenvalue weighted by atomic mass is 35.5. The average Bonchev–Trinajstić information content (AvgIpc) is 3.34. The zero-order valence-electron chi connectivity index (χ0n) is 20.5. The van der Waals surface area contributed by atoms with Gasteiger partial charge in [-0.25, -0.2) is 0 Å². The normalized spacial score (nSPS) is 14.9. The van der Waals surface area contributed by atoms with Crippen molar-refractivity contribution < 1.29 is 35.2 Å². The molecule has 0 spiro atoms. The minimum Gasteiger partial charge on any atom is -0.497 e. The van der Waals surface area contributed by atoms with Crippen LogP contribution in [-0.4, -0.2) is 51.1 Å². The van der Waals surface area contributed by atoms with Crippen LogP contribution in [0.2, 0.25) is 5.02 Å². The summed E-state index contributed by atoms with van der Waals surface area (Å²) in [4.78, 5) is 3.13. The molecule has 0 saturated heterocycles. The molecule has 0 saturated carbocycles. The van der Waals surface area contributed by atoms with E-state index in [9.17, 15) is 16.8 Å². The second-order valence-electron chi connectivity index (χ2n) is 8.76. The van der Waals surface area contributed by atoms with E-state index in [1.54, 1.807) is 30.2 Å². The van der Waals surface area contributed by atoms with Crippen LogP contribution < -0.4 is 14.2 Å². The van der Waals surface area contributed by atoms with Gasteiger partial charge in [0.2, 0.25) is 5.52 Å². The zero-order chi connectivity index (χ0) is 27.5. The SMILES string of the molecule is COc1ccc2sc(C=C3Sc4ccc(Cl)cc4N3CCCCS(=O)(=O)O)[n+](CCCCS(=O)(=O)O)c2c1. The summed E-state index contributed by atoms with van der Waals surface area (Å²) in [5.41, 5.74) is 1.89. The van der Waals surface area contributed by atoms with Gasteiger partial charge < -0.3 is 9.64 Å². The molecule has 9 nitrogen and oxygen atoms in total. The largest absolute Gasteiger partial charge is 0.497 e. The summed E-state index contributed by atoms with van der Waals surface area (Å²) in [7, 11) is -6.44. The molecule has 0 atom stereocenters. The molecule has 2 heterocycles. The van der Waals surface area contributed by atoms with Crippen molar-refractivity contribution in [3.8, 4) is 5.75 Å². The lowest BCUT2D eigenvalue weighted by molar-refractivity contribution is -0.669. The van der Waals surface area contributed by atoms with Crippen molar-refractivity contribution >= 4 is 76.9 Å². The number of halogens is 1. The minimum absolute atomic E-state index is 0.293. The van der Waals surface area contributed by atoms with Gasteiger partial charge in [0, 0.05) is 22.9 Å².